The molecule has 0 aliphatic carbocycles. The van der Waals surface area contributed by atoms with Gasteiger partial charge in [0.25, 0.3) is 5.24 Å². The van der Waals surface area contributed by atoms with Crippen molar-refractivity contribution in [3.8, 4) is 5.75 Å². The van der Waals surface area contributed by atoms with Crippen molar-refractivity contribution in [3.63, 3.8) is 0 Å². The van der Waals surface area contributed by atoms with E-state index in [0.717, 1.165) is 0 Å². The Balaban J connectivity index is 2.67. The normalized spacial score (nSPS) is 12.2. The second-order valence-corrected chi connectivity index (χ2v) is 3.36. The summed E-state index contributed by atoms with van der Waals surface area (Å²) in [5, 5.41) is 8.59. The summed E-state index contributed by atoms with van der Waals surface area (Å²) in [6.45, 7) is -0.453. The van der Waals surface area contributed by atoms with E-state index in [1.165, 1.54) is 0 Å². The lowest BCUT2D eigenvalue weighted by atomic mass is 10.3. The second-order valence-electron chi connectivity index (χ2n) is 2.55. The van der Waals surface area contributed by atoms with Gasteiger partial charge in [-0.3, -0.25) is 4.79 Å². The molecule has 76 valence electrons. The van der Waals surface area contributed by atoms with Crippen LogP contribution in [-0.2, 0) is 4.79 Å². The molecule has 1 rings (SSSR count). The van der Waals surface area contributed by atoms with Crippen molar-refractivity contribution in [1.82, 2.24) is 0 Å². The van der Waals surface area contributed by atoms with Gasteiger partial charge in [0.15, 0.2) is 6.10 Å². The summed E-state index contributed by atoms with van der Waals surface area (Å²) >= 11 is 10.8. The molecule has 0 aromatic heterocycles. The van der Waals surface area contributed by atoms with Gasteiger partial charge in [-0.1, -0.05) is 11.6 Å². The van der Waals surface area contributed by atoms with Crippen molar-refractivity contribution >= 4 is 28.4 Å². The molecule has 1 aromatic rings. The van der Waals surface area contributed by atoms with Gasteiger partial charge < -0.3 is 9.84 Å². The molecule has 0 saturated carbocycles. The van der Waals surface area contributed by atoms with Gasteiger partial charge in [0, 0.05) is 5.02 Å². The highest BCUT2D eigenvalue weighted by molar-refractivity contribution is 6.64. The van der Waals surface area contributed by atoms with E-state index < -0.39 is 18.0 Å². The summed E-state index contributed by atoms with van der Waals surface area (Å²) in [7, 11) is 0. The predicted molar refractivity (Wildman–Crippen MR) is 53.8 cm³/mol. The van der Waals surface area contributed by atoms with Gasteiger partial charge in [-0.15, -0.1) is 0 Å². The number of halogens is 2. The summed E-state index contributed by atoms with van der Waals surface area (Å²) in [6, 6.07) is 6.41. The lowest BCUT2D eigenvalue weighted by Crippen LogP contribution is -2.27. The fourth-order valence-corrected chi connectivity index (χ4v) is 1.07. The van der Waals surface area contributed by atoms with Crippen molar-refractivity contribution in [3.05, 3.63) is 29.3 Å². The fraction of sp³-hybridized carbons (Fsp3) is 0.222. The van der Waals surface area contributed by atoms with Gasteiger partial charge in [-0.2, -0.15) is 0 Å². The van der Waals surface area contributed by atoms with Crippen LogP contribution in [-0.4, -0.2) is 23.1 Å². The highest BCUT2D eigenvalue weighted by Crippen LogP contribution is 2.17. The lowest BCUT2D eigenvalue weighted by molar-refractivity contribution is -0.119. The number of carbonyl (C=O) groups excluding carboxylic acids is 1. The molecular weight excluding hydrogens is 227 g/mol. The fourth-order valence-electron chi connectivity index (χ4n) is 0.833. The van der Waals surface area contributed by atoms with Gasteiger partial charge in [0.05, 0.1) is 6.61 Å². The largest absolute Gasteiger partial charge is 0.479 e. The Kier molecular flexibility index (Phi) is 4.20. The molecule has 5 heteroatoms. The van der Waals surface area contributed by atoms with E-state index in [9.17, 15) is 4.79 Å². The standard InChI is InChI=1S/C9H8Cl2O3/c10-6-1-3-7(4-2-6)14-8(5-12)9(11)13/h1-4,8,12H,5H2. The third-order valence-corrected chi connectivity index (χ3v) is 2.01. The molecule has 0 bridgehead atoms. The Hall–Kier alpha value is -0.770. The number of ether oxygens (including phenoxy) is 1. The van der Waals surface area contributed by atoms with Crippen molar-refractivity contribution in [1.29, 1.82) is 0 Å². The predicted octanol–water partition coefficient (Wildman–Crippen LogP) is 1.85. The van der Waals surface area contributed by atoms with E-state index in [1.807, 2.05) is 0 Å². The molecule has 0 fully saturated rings. The van der Waals surface area contributed by atoms with Crippen LogP contribution in [0.5, 0.6) is 5.75 Å². The Morgan fingerprint density at radius 2 is 2.00 bits per heavy atom. The van der Waals surface area contributed by atoms with Crippen LogP contribution < -0.4 is 4.74 Å². The van der Waals surface area contributed by atoms with Gasteiger partial charge in [-0.25, -0.2) is 0 Å². The average molecular weight is 235 g/mol. The highest BCUT2D eigenvalue weighted by atomic mass is 35.5. The summed E-state index contributed by atoms with van der Waals surface area (Å²) in [4.78, 5) is 10.7. The average Bonchev–Trinajstić information content (AvgIpc) is 2.16. The van der Waals surface area contributed by atoms with Crippen molar-refractivity contribution in [2.45, 2.75) is 6.10 Å². The molecule has 1 unspecified atom stereocenters. The van der Waals surface area contributed by atoms with Crippen LogP contribution in [0, 0.1) is 0 Å². The monoisotopic (exact) mass is 234 g/mol. The van der Waals surface area contributed by atoms with Crippen LogP contribution in [0.3, 0.4) is 0 Å². The molecular formula is C9H8Cl2O3. The second kappa shape index (κ2) is 5.20. The number of aliphatic hydroxyl groups is 1. The minimum Gasteiger partial charge on any atom is -0.479 e. The van der Waals surface area contributed by atoms with Crippen LogP contribution in [0.1, 0.15) is 0 Å². The molecule has 1 aromatic carbocycles. The maximum atomic E-state index is 10.7. The maximum absolute atomic E-state index is 10.7. The summed E-state index contributed by atoms with van der Waals surface area (Å²) in [5.41, 5.74) is 0. The first-order valence-corrected chi connectivity index (χ1v) is 4.61. The lowest BCUT2D eigenvalue weighted by Gasteiger charge is -2.12. The summed E-state index contributed by atoms with van der Waals surface area (Å²) in [6.07, 6.45) is -1.03. The molecule has 14 heavy (non-hydrogen) atoms. The van der Waals surface area contributed by atoms with Crippen LogP contribution in [0.15, 0.2) is 24.3 Å². The molecule has 0 aliphatic heterocycles. The van der Waals surface area contributed by atoms with E-state index in [2.05, 4.69) is 0 Å². The van der Waals surface area contributed by atoms with Crippen molar-refractivity contribution in [2.75, 3.05) is 6.61 Å². The Morgan fingerprint density at radius 3 is 2.43 bits per heavy atom. The Morgan fingerprint density at radius 1 is 1.43 bits per heavy atom. The van der Waals surface area contributed by atoms with E-state index in [4.69, 9.17) is 33.0 Å². The van der Waals surface area contributed by atoms with Crippen LogP contribution in [0.4, 0.5) is 0 Å². The molecule has 0 saturated heterocycles. The highest BCUT2D eigenvalue weighted by Gasteiger charge is 2.16. The smallest absolute Gasteiger partial charge is 0.264 e. The molecule has 3 nitrogen and oxygen atoms in total. The summed E-state index contributed by atoms with van der Waals surface area (Å²) < 4.78 is 5.09. The van der Waals surface area contributed by atoms with Gasteiger partial charge in [0.2, 0.25) is 0 Å². The number of carbonyl (C=O) groups is 1. The van der Waals surface area contributed by atoms with E-state index in [1.54, 1.807) is 24.3 Å². The number of benzene rings is 1. The van der Waals surface area contributed by atoms with Gasteiger partial charge >= 0.3 is 0 Å². The molecule has 0 radical (unpaired) electrons. The topological polar surface area (TPSA) is 46.5 Å². The third-order valence-electron chi connectivity index (χ3n) is 1.51. The summed E-state index contributed by atoms with van der Waals surface area (Å²) in [5.74, 6) is 0.433. The molecule has 1 atom stereocenters. The SMILES string of the molecule is O=C(Cl)C(CO)Oc1ccc(Cl)cc1. The zero-order chi connectivity index (χ0) is 10.6. The van der Waals surface area contributed by atoms with E-state index >= 15 is 0 Å². The zero-order valence-electron chi connectivity index (χ0n) is 7.11. The number of hydrogen-bond acceptors (Lipinski definition) is 3. The van der Waals surface area contributed by atoms with Gasteiger partial charge in [-0.05, 0) is 35.9 Å². The molecule has 1 N–H and O–H groups in total. The van der Waals surface area contributed by atoms with Crippen LogP contribution >= 0.6 is 23.2 Å². The number of aliphatic hydroxyl groups excluding tert-OH is 1. The molecule has 0 spiro atoms. The number of rotatable bonds is 4. The van der Waals surface area contributed by atoms with Crippen LogP contribution in [0.25, 0.3) is 0 Å². The number of hydrogen-bond donors (Lipinski definition) is 1. The molecule has 0 heterocycles. The van der Waals surface area contributed by atoms with Gasteiger partial charge in [0.1, 0.15) is 5.75 Å². The zero-order valence-corrected chi connectivity index (χ0v) is 8.63. The minimum absolute atomic E-state index is 0.433. The Bertz CT molecular complexity index is 310. The first kappa shape index (κ1) is 11.3. The van der Waals surface area contributed by atoms with E-state index in [0.29, 0.717) is 10.8 Å². The molecule has 0 amide bonds. The third kappa shape index (κ3) is 3.18. The minimum atomic E-state index is -1.03. The van der Waals surface area contributed by atoms with E-state index in [-0.39, 0.29) is 0 Å². The first-order valence-electron chi connectivity index (χ1n) is 3.86. The first-order chi connectivity index (χ1) is 6.63. The maximum Gasteiger partial charge on any atom is 0.264 e. The van der Waals surface area contributed by atoms with Crippen molar-refractivity contribution < 1.29 is 14.6 Å². The Labute approximate surface area is 91.2 Å². The quantitative estimate of drug-likeness (QED) is 0.810. The van der Waals surface area contributed by atoms with Crippen molar-refractivity contribution in [2.24, 2.45) is 0 Å². The van der Waals surface area contributed by atoms with Crippen LogP contribution in [0.2, 0.25) is 5.02 Å². The molecule has 0 aliphatic rings.